The fraction of sp³-hybridized carbons (Fsp3) is 0.889. The predicted molar refractivity (Wildman–Crippen MR) is 49.1 cm³/mol. The second-order valence-corrected chi connectivity index (χ2v) is 6.69. The maximum atomic E-state index is 11.2. The molecule has 4 heteroatoms. The van der Waals surface area contributed by atoms with Crippen molar-refractivity contribution in [2.75, 3.05) is 11.5 Å². The first-order chi connectivity index (χ1) is 5.95. The van der Waals surface area contributed by atoms with Gasteiger partial charge in [0.15, 0.2) is 0 Å². The fourth-order valence-corrected chi connectivity index (χ4v) is 4.06. The number of hydrogen-bond donors (Lipinski definition) is 0. The van der Waals surface area contributed by atoms with Crippen molar-refractivity contribution < 1.29 is 13.2 Å². The fourth-order valence-electron chi connectivity index (χ4n) is 2.42. The summed E-state index contributed by atoms with van der Waals surface area (Å²) in [6, 6.07) is 0. The molecule has 1 atom stereocenters. The monoisotopic (exact) mass is 202 g/mol. The Balaban J connectivity index is 2.05. The summed E-state index contributed by atoms with van der Waals surface area (Å²) in [6.07, 6.45) is 2.34. The zero-order valence-electron chi connectivity index (χ0n) is 7.75. The molecule has 1 aliphatic carbocycles. The Bertz CT molecular complexity index is 328. The van der Waals surface area contributed by atoms with Crippen LogP contribution in [0.4, 0.5) is 0 Å². The van der Waals surface area contributed by atoms with Gasteiger partial charge in [0, 0.05) is 5.92 Å². The van der Waals surface area contributed by atoms with E-state index < -0.39 is 9.84 Å². The van der Waals surface area contributed by atoms with Crippen LogP contribution in [0.2, 0.25) is 0 Å². The largest absolute Gasteiger partial charge is 0.300 e. The van der Waals surface area contributed by atoms with Gasteiger partial charge < -0.3 is 0 Å². The lowest BCUT2D eigenvalue weighted by atomic mass is 9.95. The summed E-state index contributed by atoms with van der Waals surface area (Å²) >= 11 is 0. The van der Waals surface area contributed by atoms with Crippen LogP contribution in [-0.4, -0.2) is 25.7 Å². The van der Waals surface area contributed by atoms with Gasteiger partial charge in [-0.15, -0.1) is 0 Å². The van der Waals surface area contributed by atoms with E-state index in [2.05, 4.69) is 0 Å². The highest BCUT2D eigenvalue weighted by Crippen LogP contribution is 2.59. The molecule has 3 nitrogen and oxygen atoms in total. The second-order valence-electron chi connectivity index (χ2n) is 4.38. The van der Waals surface area contributed by atoms with Gasteiger partial charge in [0.2, 0.25) is 0 Å². The molecule has 74 valence electrons. The van der Waals surface area contributed by atoms with Gasteiger partial charge in [0.1, 0.15) is 15.6 Å². The van der Waals surface area contributed by atoms with Crippen LogP contribution in [0.15, 0.2) is 0 Å². The van der Waals surface area contributed by atoms with E-state index in [1.54, 1.807) is 6.92 Å². The molecule has 0 aromatic heterocycles. The first-order valence-corrected chi connectivity index (χ1v) is 6.48. The first kappa shape index (κ1) is 9.19. The second kappa shape index (κ2) is 2.56. The maximum Gasteiger partial charge on any atom is 0.150 e. The highest BCUT2D eigenvalue weighted by atomic mass is 32.2. The number of rotatable bonds is 1. The van der Waals surface area contributed by atoms with Crippen LogP contribution >= 0.6 is 0 Å². The number of ketones is 1. The number of carbonyl (C=O) groups is 1. The van der Waals surface area contributed by atoms with Gasteiger partial charge in [-0.05, 0) is 31.6 Å². The van der Waals surface area contributed by atoms with Gasteiger partial charge in [0.25, 0.3) is 0 Å². The summed E-state index contributed by atoms with van der Waals surface area (Å²) in [5.41, 5.74) is 0.0944. The number of carbonyl (C=O) groups excluding carboxylic acids is 1. The molecule has 1 spiro atoms. The molecule has 0 aromatic carbocycles. The molecule has 1 unspecified atom stereocenters. The van der Waals surface area contributed by atoms with Crippen molar-refractivity contribution in [3.05, 3.63) is 0 Å². The molecule has 0 amide bonds. The van der Waals surface area contributed by atoms with Crippen LogP contribution in [0, 0.1) is 11.3 Å². The first-order valence-electron chi connectivity index (χ1n) is 4.66. The summed E-state index contributed by atoms with van der Waals surface area (Å²) in [4.78, 5) is 11.1. The molecule has 1 heterocycles. The molecule has 1 aliphatic heterocycles. The molecule has 1 saturated heterocycles. The number of Topliss-reactive ketones (excluding diaryl/α,β-unsaturated/α-hetero) is 1. The van der Waals surface area contributed by atoms with Crippen molar-refractivity contribution >= 4 is 15.6 Å². The van der Waals surface area contributed by atoms with Crippen LogP contribution in [0.5, 0.6) is 0 Å². The van der Waals surface area contributed by atoms with E-state index in [9.17, 15) is 13.2 Å². The quantitative estimate of drug-likeness (QED) is 0.631. The van der Waals surface area contributed by atoms with Crippen molar-refractivity contribution in [1.82, 2.24) is 0 Å². The van der Waals surface area contributed by atoms with Gasteiger partial charge in [-0.2, -0.15) is 0 Å². The molecule has 13 heavy (non-hydrogen) atoms. The topological polar surface area (TPSA) is 51.2 Å². The highest BCUT2D eigenvalue weighted by molar-refractivity contribution is 7.91. The smallest absolute Gasteiger partial charge is 0.150 e. The normalized spacial score (nSPS) is 34.4. The van der Waals surface area contributed by atoms with Gasteiger partial charge in [-0.1, -0.05) is 0 Å². The lowest BCUT2D eigenvalue weighted by Crippen LogP contribution is -2.26. The minimum atomic E-state index is -2.77. The minimum Gasteiger partial charge on any atom is -0.300 e. The minimum absolute atomic E-state index is 0.0944. The Kier molecular flexibility index (Phi) is 1.81. The average molecular weight is 202 g/mol. The SMILES string of the molecule is CC(=O)C1CC12CCS(=O)(=O)CC2. The molecule has 0 aromatic rings. The van der Waals surface area contributed by atoms with Crippen LogP contribution in [0.25, 0.3) is 0 Å². The Hall–Kier alpha value is -0.380. The van der Waals surface area contributed by atoms with E-state index in [-0.39, 0.29) is 28.6 Å². The summed E-state index contributed by atoms with van der Waals surface area (Å²) in [6.45, 7) is 1.61. The third kappa shape index (κ3) is 1.52. The Morgan fingerprint density at radius 2 is 1.85 bits per heavy atom. The van der Waals surface area contributed by atoms with Crippen molar-refractivity contribution in [2.45, 2.75) is 26.2 Å². The van der Waals surface area contributed by atoms with Crippen molar-refractivity contribution in [3.8, 4) is 0 Å². The summed E-state index contributed by atoms with van der Waals surface area (Å²) in [5, 5.41) is 0. The van der Waals surface area contributed by atoms with Crippen LogP contribution < -0.4 is 0 Å². The molecule has 0 N–H and O–H groups in total. The lowest BCUT2D eigenvalue weighted by Gasteiger charge is -2.21. The van der Waals surface area contributed by atoms with Gasteiger partial charge >= 0.3 is 0 Å². The van der Waals surface area contributed by atoms with Crippen molar-refractivity contribution in [1.29, 1.82) is 0 Å². The molecular formula is C9H14O3S. The third-order valence-corrected chi connectivity index (χ3v) is 5.15. The highest BCUT2D eigenvalue weighted by Gasteiger charge is 2.57. The molecular weight excluding hydrogens is 188 g/mol. The molecule has 1 saturated carbocycles. The van der Waals surface area contributed by atoms with Crippen molar-refractivity contribution in [2.24, 2.45) is 11.3 Å². The van der Waals surface area contributed by atoms with Crippen LogP contribution in [0.1, 0.15) is 26.2 Å². The molecule has 2 fully saturated rings. The number of hydrogen-bond acceptors (Lipinski definition) is 3. The summed E-state index contributed by atoms with van der Waals surface area (Å²) in [7, 11) is -2.77. The zero-order valence-corrected chi connectivity index (χ0v) is 8.56. The molecule has 2 rings (SSSR count). The lowest BCUT2D eigenvalue weighted by molar-refractivity contribution is -0.119. The average Bonchev–Trinajstić information content (AvgIpc) is 2.72. The predicted octanol–water partition coefficient (Wildman–Crippen LogP) is 0.790. The Morgan fingerprint density at radius 1 is 1.31 bits per heavy atom. The van der Waals surface area contributed by atoms with E-state index in [1.165, 1.54) is 0 Å². The van der Waals surface area contributed by atoms with Crippen molar-refractivity contribution in [3.63, 3.8) is 0 Å². The third-order valence-electron chi connectivity index (χ3n) is 3.50. The van der Waals surface area contributed by atoms with Gasteiger partial charge in [-0.25, -0.2) is 8.42 Å². The number of sulfone groups is 1. The zero-order chi connectivity index (χ0) is 9.69. The van der Waals surface area contributed by atoms with Crippen LogP contribution in [0.3, 0.4) is 0 Å². The van der Waals surface area contributed by atoms with E-state index in [1.807, 2.05) is 0 Å². The van der Waals surface area contributed by atoms with E-state index in [0.717, 1.165) is 6.42 Å². The Labute approximate surface area is 78.4 Å². The van der Waals surface area contributed by atoms with Gasteiger partial charge in [-0.3, -0.25) is 4.79 Å². The van der Waals surface area contributed by atoms with E-state index in [4.69, 9.17) is 0 Å². The van der Waals surface area contributed by atoms with E-state index in [0.29, 0.717) is 12.8 Å². The van der Waals surface area contributed by atoms with Gasteiger partial charge in [0.05, 0.1) is 11.5 Å². The van der Waals surface area contributed by atoms with Crippen LogP contribution in [-0.2, 0) is 14.6 Å². The standard InChI is InChI=1S/C9H14O3S/c1-7(10)8-6-9(8)2-4-13(11,12)5-3-9/h8H,2-6H2,1H3. The maximum absolute atomic E-state index is 11.2. The summed E-state index contributed by atoms with van der Waals surface area (Å²) in [5.74, 6) is 0.982. The van der Waals surface area contributed by atoms with E-state index >= 15 is 0 Å². The summed E-state index contributed by atoms with van der Waals surface area (Å²) < 4.78 is 22.3. The Morgan fingerprint density at radius 3 is 2.23 bits per heavy atom. The molecule has 0 radical (unpaired) electrons. The molecule has 2 aliphatic rings. The molecule has 0 bridgehead atoms.